The minimum absolute atomic E-state index is 0. The zero-order valence-electron chi connectivity index (χ0n) is 18.2. The van der Waals surface area contributed by atoms with Crippen molar-refractivity contribution in [2.24, 2.45) is 0 Å². The first-order chi connectivity index (χ1) is 13.1. The lowest BCUT2D eigenvalue weighted by molar-refractivity contribution is 0.994. The van der Waals surface area contributed by atoms with E-state index in [0.29, 0.717) is 0 Å². The Bertz CT molecular complexity index is 581. The Morgan fingerprint density at radius 1 is 0.393 bits per heavy atom. The summed E-state index contributed by atoms with van der Waals surface area (Å²) in [5.41, 5.74) is 8.04. The first kappa shape index (κ1) is 26.4. The second kappa shape index (κ2) is 15.3. The largest absolute Gasteiger partial charge is 0.362 e. The predicted molar refractivity (Wildman–Crippen MR) is 129 cm³/mol. The molecule has 0 saturated heterocycles. The predicted octanol–water partition coefficient (Wildman–Crippen LogP) is 5.23. The van der Waals surface area contributed by atoms with Crippen molar-refractivity contribution in [3.63, 3.8) is 0 Å². The average molecular weight is 400 g/mol. The maximum Gasteiger partial charge on any atom is 0.187 e. The standard InChI is InChI=1S/3C8H13N.Al.3H/c3*1-3-7-5-6-8(4-2)9-7;;;;/h3*5-6,9H,3-4H2,1-2H3;;;;. The van der Waals surface area contributed by atoms with Crippen molar-refractivity contribution < 1.29 is 0 Å². The van der Waals surface area contributed by atoms with Crippen molar-refractivity contribution >= 4 is 17.4 Å². The molecule has 3 heterocycles. The van der Waals surface area contributed by atoms with Crippen LogP contribution in [-0.4, -0.2) is 32.3 Å². The molecule has 4 heteroatoms. The smallest absolute Gasteiger partial charge is 0.187 e. The van der Waals surface area contributed by atoms with Crippen LogP contribution >= 0.6 is 0 Å². The fourth-order valence-electron chi connectivity index (χ4n) is 2.71. The number of aryl methyl sites for hydroxylation is 6. The van der Waals surface area contributed by atoms with Crippen LogP contribution in [0.4, 0.5) is 0 Å². The Kier molecular flexibility index (Phi) is 14.4. The van der Waals surface area contributed by atoms with Crippen molar-refractivity contribution in [1.29, 1.82) is 0 Å². The van der Waals surface area contributed by atoms with Crippen molar-refractivity contribution in [2.45, 2.75) is 80.1 Å². The monoisotopic (exact) mass is 399 g/mol. The third-order valence-electron chi connectivity index (χ3n) is 4.71. The Morgan fingerprint density at radius 3 is 0.607 bits per heavy atom. The van der Waals surface area contributed by atoms with Crippen LogP contribution in [0.15, 0.2) is 36.4 Å². The number of H-pyrrole nitrogens is 3. The average Bonchev–Trinajstić information content (AvgIpc) is 3.48. The highest BCUT2D eigenvalue weighted by Gasteiger charge is 1.92. The number of aromatic amines is 3. The van der Waals surface area contributed by atoms with E-state index >= 15 is 0 Å². The maximum atomic E-state index is 3.31. The molecule has 156 valence electrons. The normalized spacial score (nSPS) is 9.64. The summed E-state index contributed by atoms with van der Waals surface area (Å²) in [4.78, 5) is 9.94. The third kappa shape index (κ3) is 9.53. The summed E-state index contributed by atoms with van der Waals surface area (Å²) in [6, 6.07) is 12.9. The van der Waals surface area contributed by atoms with Gasteiger partial charge < -0.3 is 15.0 Å². The topological polar surface area (TPSA) is 47.4 Å². The number of hydrogen-bond donors (Lipinski definition) is 3. The van der Waals surface area contributed by atoms with Gasteiger partial charge in [0.25, 0.3) is 0 Å². The second-order valence-corrected chi connectivity index (χ2v) is 6.65. The van der Waals surface area contributed by atoms with Crippen LogP contribution in [0, 0.1) is 0 Å². The van der Waals surface area contributed by atoms with E-state index in [2.05, 4.69) is 92.9 Å². The van der Waals surface area contributed by atoms with Crippen molar-refractivity contribution in [2.75, 3.05) is 0 Å². The zero-order chi connectivity index (χ0) is 20.1. The molecular weight excluding hydrogens is 357 g/mol. The molecule has 3 rings (SSSR count). The van der Waals surface area contributed by atoms with Crippen LogP contribution in [-0.2, 0) is 38.5 Å². The van der Waals surface area contributed by atoms with E-state index in [1.807, 2.05) is 0 Å². The quantitative estimate of drug-likeness (QED) is 0.475. The zero-order valence-corrected chi connectivity index (χ0v) is 18.2. The first-order valence-electron chi connectivity index (χ1n) is 10.6. The maximum absolute atomic E-state index is 3.31. The van der Waals surface area contributed by atoms with Gasteiger partial charge in [0.1, 0.15) is 0 Å². The van der Waals surface area contributed by atoms with Gasteiger partial charge in [-0.05, 0) is 74.9 Å². The molecule has 0 unspecified atom stereocenters. The summed E-state index contributed by atoms with van der Waals surface area (Å²) in [5.74, 6) is 0. The van der Waals surface area contributed by atoms with E-state index in [-0.39, 0.29) is 17.4 Å². The molecular formula is C24H42AlN3. The van der Waals surface area contributed by atoms with Crippen LogP contribution in [0.25, 0.3) is 0 Å². The highest BCUT2D eigenvalue weighted by molar-refractivity contribution is 5.75. The van der Waals surface area contributed by atoms with E-state index in [4.69, 9.17) is 0 Å². The first-order valence-corrected chi connectivity index (χ1v) is 10.6. The van der Waals surface area contributed by atoms with Gasteiger partial charge in [-0.15, -0.1) is 0 Å². The molecule has 0 aliphatic rings. The molecule has 0 aliphatic heterocycles. The van der Waals surface area contributed by atoms with Crippen molar-refractivity contribution in [1.82, 2.24) is 15.0 Å². The molecule has 0 saturated carbocycles. The molecule has 3 aromatic rings. The van der Waals surface area contributed by atoms with E-state index < -0.39 is 0 Å². The van der Waals surface area contributed by atoms with Gasteiger partial charge in [-0.1, -0.05) is 41.5 Å². The molecule has 3 N–H and O–H groups in total. The van der Waals surface area contributed by atoms with Crippen LogP contribution in [0.5, 0.6) is 0 Å². The summed E-state index contributed by atoms with van der Waals surface area (Å²) in [5, 5.41) is 0. The molecule has 0 amide bonds. The Balaban J connectivity index is 0.000000384. The summed E-state index contributed by atoms with van der Waals surface area (Å²) in [6.45, 7) is 12.9. The lowest BCUT2D eigenvalue weighted by Gasteiger charge is -1.88. The minimum Gasteiger partial charge on any atom is -0.362 e. The molecule has 0 atom stereocenters. The van der Waals surface area contributed by atoms with Gasteiger partial charge in [-0.2, -0.15) is 0 Å². The van der Waals surface area contributed by atoms with Crippen LogP contribution < -0.4 is 0 Å². The van der Waals surface area contributed by atoms with Crippen LogP contribution in [0.2, 0.25) is 0 Å². The van der Waals surface area contributed by atoms with E-state index in [1.54, 1.807) is 0 Å². The Morgan fingerprint density at radius 2 is 0.536 bits per heavy atom. The molecule has 0 spiro atoms. The lowest BCUT2D eigenvalue weighted by atomic mass is 10.3. The van der Waals surface area contributed by atoms with Crippen LogP contribution in [0.1, 0.15) is 75.7 Å². The van der Waals surface area contributed by atoms with Crippen LogP contribution in [0.3, 0.4) is 0 Å². The Labute approximate surface area is 182 Å². The summed E-state index contributed by atoms with van der Waals surface area (Å²) >= 11 is 0. The number of rotatable bonds is 6. The van der Waals surface area contributed by atoms with Gasteiger partial charge in [-0.3, -0.25) is 0 Å². The number of hydrogen-bond acceptors (Lipinski definition) is 0. The SMILES string of the molecule is CCc1ccc(CC)[nH]1.CCc1ccc(CC)[nH]1.CCc1ccc(CC)[nH]1.[AlH3]. The fraction of sp³-hybridized carbons (Fsp3) is 0.500. The lowest BCUT2D eigenvalue weighted by Crippen LogP contribution is -1.81. The van der Waals surface area contributed by atoms with Crippen molar-refractivity contribution in [3.8, 4) is 0 Å². The Hall–Kier alpha value is -1.63. The van der Waals surface area contributed by atoms with E-state index in [0.717, 1.165) is 38.5 Å². The van der Waals surface area contributed by atoms with Gasteiger partial charge >= 0.3 is 0 Å². The summed E-state index contributed by atoms with van der Waals surface area (Å²) in [6.07, 6.45) is 6.67. The molecule has 0 aliphatic carbocycles. The van der Waals surface area contributed by atoms with Crippen molar-refractivity contribution in [3.05, 3.63) is 70.6 Å². The molecule has 0 aromatic carbocycles. The van der Waals surface area contributed by atoms with E-state index in [1.165, 1.54) is 34.2 Å². The molecule has 3 aromatic heterocycles. The molecule has 3 nitrogen and oxygen atoms in total. The molecule has 0 radical (unpaired) electrons. The summed E-state index contributed by atoms with van der Waals surface area (Å²) < 4.78 is 0. The molecule has 28 heavy (non-hydrogen) atoms. The van der Waals surface area contributed by atoms with Gasteiger partial charge in [0.15, 0.2) is 17.4 Å². The van der Waals surface area contributed by atoms with E-state index in [9.17, 15) is 0 Å². The second-order valence-electron chi connectivity index (χ2n) is 6.65. The number of nitrogens with one attached hydrogen (secondary N) is 3. The van der Waals surface area contributed by atoms with Gasteiger partial charge in [0, 0.05) is 34.2 Å². The molecule has 0 bridgehead atoms. The van der Waals surface area contributed by atoms with Gasteiger partial charge in [0.2, 0.25) is 0 Å². The van der Waals surface area contributed by atoms with Gasteiger partial charge in [-0.25, -0.2) is 0 Å². The molecule has 0 fully saturated rings. The summed E-state index contributed by atoms with van der Waals surface area (Å²) in [7, 11) is 0. The minimum atomic E-state index is 0. The third-order valence-corrected chi connectivity index (χ3v) is 4.71. The van der Waals surface area contributed by atoms with Gasteiger partial charge in [0.05, 0.1) is 0 Å². The number of aromatic nitrogens is 3. The highest BCUT2D eigenvalue weighted by Crippen LogP contribution is 2.03. The highest BCUT2D eigenvalue weighted by atomic mass is 27.0. The fourth-order valence-corrected chi connectivity index (χ4v) is 2.71.